The SMILES string of the molecule is CCC(C)NC(=O)c1ccc(C#CCN)cc1F. The summed E-state index contributed by atoms with van der Waals surface area (Å²) in [6, 6.07) is 4.31. The minimum atomic E-state index is -0.570. The third-order valence-corrected chi connectivity index (χ3v) is 2.54. The summed E-state index contributed by atoms with van der Waals surface area (Å²) in [7, 11) is 0. The van der Waals surface area contributed by atoms with Crippen molar-refractivity contribution in [3.8, 4) is 11.8 Å². The monoisotopic (exact) mass is 248 g/mol. The van der Waals surface area contributed by atoms with Gasteiger partial charge in [0.05, 0.1) is 12.1 Å². The Morgan fingerprint density at radius 3 is 2.83 bits per heavy atom. The predicted molar refractivity (Wildman–Crippen MR) is 69.6 cm³/mol. The molecule has 0 aliphatic carbocycles. The zero-order valence-corrected chi connectivity index (χ0v) is 10.6. The summed E-state index contributed by atoms with van der Waals surface area (Å²) in [5.74, 6) is 4.38. The van der Waals surface area contributed by atoms with E-state index in [1.165, 1.54) is 12.1 Å². The van der Waals surface area contributed by atoms with Gasteiger partial charge < -0.3 is 11.1 Å². The van der Waals surface area contributed by atoms with Crippen LogP contribution in [0.5, 0.6) is 0 Å². The molecule has 0 heterocycles. The average molecular weight is 248 g/mol. The molecule has 18 heavy (non-hydrogen) atoms. The first-order valence-corrected chi connectivity index (χ1v) is 5.87. The molecule has 1 atom stereocenters. The van der Waals surface area contributed by atoms with Gasteiger partial charge in [0.2, 0.25) is 0 Å². The van der Waals surface area contributed by atoms with Crippen molar-refractivity contribution in [1.29, 1.82) is 0 Å². The van der Waals surface area contributed by atoms with Gasteiger partial charge in [-0.25, -0.2) is 4.39 Å². The van der Waals surface area contributed by atoms with E-state index in [4.69, 9.17) is 5.73 Å². The Balaban J connectivity index is 2.88. The second-order valence-electron chi connectivity index (χ2n) is 3.98. The summed E-state index contributed by atoms with van der Waals surface area (Å²) in [6.45, 7) is 4.04. The molecule has 0 aliphatic rings. The first-order valence-electron chi connectivity index (χ1n) is 5.87. The minimum Gasteiger partial charge on any atom is -0.350 e. The molecule has 0 saturated carbocycles. The highest BCUT2D eigenvalue weighted by Gasteiger charge is 2.13. The molecule has 1 unspecified atom stereocenters. The fourth-order valence-electron chi connectivity index (χ4n) is 1.33. The Bertz CT molecular complexity index is 488. The van der Waals surface area contributed by atoms with Crippen LogP contribution in [0.3, 0.4) is 0 Å². The number of hydrogen-bond acceptors (Lipinski definition) is 2. The molecule has 1 rings (SSSR count). The van der Waals surface area contributed by atoms with Crippen molar-refractivity contribution in [1.82, 2.24) is 5.32 Å². The van der Waals surface area contributed by atoms with Gasteiger partial charge in [0.15, 0.2) is 0 Å². The van der Waals surface area contributed by atoms with E-state index in [1.807, 2.05) is 13.8 Å². The molecule has 3 N–H and O–H groups in total. The minimum absolute atomic E-state index is 0.0219. The molecular formula is C14H17FN2O. The van der Waals surface area contributed by atoms with Gasteiger partial charge in [-0.2, -0.15) is 0 Å². The van der Waals surface area contributed by atoms with Crippen LogP contribution in [0, 0.1) is 17.7 Å². The number of nitrogens with two attached hydrogens (primary N) is 1. The predicted octanol–water partition coefficient (Wildman–Crippen LogP) is 1.66. The highest BCUT2D eigenvalue weighted by Crippen LogP contribution is 2.10. The average Bonchev–Trinajstić information content (AvgIpc) is 2.36. The lowest BCUT2D eigenvalue weighted by Crippen LogP contribution is -2.32. The van der Waals surface area contributed by atoms with Crippen LogP contribution in [0.2, 0.25) is 0 Å². The van der Waals surface area contributed by atoms with E-state index < -0.39 is 11.7 Å². The number of nitrogens with one attached hydrogen (secondary N) is 1. The Kier molecular flexibility index (Phi) is 5.34. The normalized spacial score (nSPS) is 11.3. The van der Waals surface area contributed by atoms with E-state index >= 15 is 0 Å². The van der Waals surface area contributed by atoms with Crippen molar-refractivity contribution in [3.05, 3.63) is 35.1 Å². The van der Waals surface area contributed by atoms with Crippen molar-refractivity contribution < 1.29 is 9.18 Å². The lowest BCUT2D eigenvalue weighted by Gasteiger charge is -2.11. The van der Waals surface area contributed by atoms with Gasteiger partial charge in [-0.1, -0.05) is 18.8 Å². The van der Waals surface area contributed by atoms with Crippen LogP contribution in [0.15, 0.2) is 18.2 Å². The van der Waals surface area contributed by atoms with Crippen molar-refractivity contribution in [2.24, 2.45) is 5.73 Å². The van der Waals surface area contributed by atoms with E-state index in [0.29, 0.717) is 5.56 Å². The molecule has 96 valence electrons. The number of benzene rings is 1. The maximum atomic E-state index is 13.7. The van der Waals surface area contributed by atoms with E-state index in [1.54, 1.807) is 6.07 Å². The molecule has 0 spiro atoms. The van der Waals surface area contributed by atoms with Crippen molar-refractivity contribution in [3.63, 3.8) is 0 Å². The van der Waals surface area contributed by atoms with Gasteiger partial charge in [0, 0.05) is 11.6 Å². The van der Waals surface area contributed by atoms with Crippen LogP contribution in [0.25, 0.3) is 0 Å². The molecule has 0 radical (unpaired) electrons. The van der Waals surface area contributed by atoms with Crippen molar-refractivity contribution >= 4 is 5.91 Å². The number of amides is 1. The number of halogens is 1. The highest BCUT2D eigenvalue weighted by molar-refractivity contribution is 5.94. The Morgan fingerprint density at radius 1 is 1.56 bits per heavy atom. The lowest BCUT2D eigenvalue weighted by atomic mass is 10.1. The van der Waals surface area contributed by atoms with Gasteiger partial charge in [0.1, 0.15) is 5.82 Å². The number of rotatable bonds is 3. The van der Waals surface area contributed by atoms with Gasteiger partial charge in [-0.05, 0) is 31.5 Å². The number of carbonyl (C=O) groups excluding carboxylic acids is 1. The first-order chi connectivity index (χ1) is 8.58. The zero-order valence-electron chi connectivity index (χ0n) is 10.6. The summed E-state index contributed by atoms with van der Waals surface area (Å²) < 4.78 is 13.7. The highest BCUT2D eigenvalue weighted by atomic mass is 19.1. The van der Waals surface area contributed by atoms with E-state index in [0.717, 1.165) is 6.42 Å². The first kappa shape index (κ1) is 14.2. The molecule has 4 heteroatoms. The molecule has 0 aliphatic heterocycles. The van der Waals surface area contributed by atoms with Crippen LogP contribution >= 0.6 is 0 Å². The van der Waals surface area contributed by atoms with E-state index in [9.17, 15) is 9.18 Å². The number of hydrogen-bond donors (Lipinski definition) is 2. The maximum Gasteiger partial charge on any atom is 0.254 e. The molecule has 1 aromatic rings. The molecule has 3 nitrogen and oxygen atoms in total. The summed E-state index contributed by atoms with van der Waals surface area (Å²) in [4.78, 5) is 11.8. The van der Waals surface area contributed by atoms with E-state index in [2.05, 4.69) is 17.2 Å². The summed E-state index contributed by atoms with van der Waals surface area (Å²) >= 11 is 0. The van der Waals surface area contributed by atoms with Crippen molar-refractivity contribution in [2.75, 3.05) is 6.54 Å². The molecule has 1 aromatic carbocycles. The quantitative estimate of drug-likeness (QED) is 0.799. The Labute approximate surface area is 107 Å². The molecule has 0 bridgehead atoms. The third-order valence-electron chi connectivity index (χ3n) is 2.54. The molecule has 0 fully saturated rings. The molecular weight excluding hydrogens is 231 g/mol. The van der Waals surface area contributed by atoms with Gasteiger partial charge >= 0.3 is 0 Å². The molecule has 1 amide bonds. The second-order valence-corrected chi connectivity index (χ2v) is 3.98. The smallest absolute Gasteiger partial charge is 0.254 e. The summed E-state index contributed by atoms with van der Waals surface area (Å²) in [6.07, 6.45) is 0.799. The fourth-order valence-corrected chi connectivity index (χ4v) is 1.33. The molecule has 0 aromatic heterocycles. The standard InChI is InChI=1S/C14H17FN2O/c1-3-10(2)17-14(18)12-7-6-11(5-4-8-16)9-13(12)15/h6-7,9-10H,3,8,16H2,1-2H3,(H,17,18). The second kappa shape index (κ2) is 6.77. The van der Waals surface area contributed by atoms with Crippen LogP contribution in [0.1, 0.15) is 36.2 Å². The topological polar surface area (TPSA) is 55.1 Å². The van der Waals surface area contributed by atoms with Crippen LogP contribution < -0.4 is 11.1 Å². The van der Waals surface area contributed by atoms with E-state index in [-0.39, 0.29) is 18.2 Å². The van der Waals surface area contributed by atoms with Crippen LogP contribution in [-0.2, 0) is 0 Å². The largest absolute Gasteiger partial charge is 0.350 e. The van der Waals surface area contributed by atoms with Gasteiger partial charge in [-0.3, -0.25) is 4.79 Å². The van der Waals surface area contributed by atoms with Crippen LogP contribution in [0.4, 0.5) is 4.39 Å². The van der Waals surface area contributed by atoms with Crippen molar-refractivity contribution in [2.45, 2.75) is 26.3 Å². The van der Waals surface area contributed by atoms with Crippen LogP contribution in [-0.4, -0.2) is 18.5 Å². The summed E-state index contributed by atoms with van der Waals surface area (Å²) in [5, 5.41) is 2.71. The Morgan fingerprint density at radius 2 is 2.28 bits per heavy atom. The van der Waals surface area contributed by atoms with Gasteiger partial charge in [-0.15, -0.1) is 0 Å². The molecule has 0 saturated heterocycles. The summed E-state index contributed by atoms with van der Waals surface area (Å²) in [5.41, 5.74) is 5.78. The number of carbonyl (C=O) groups is 1. The fraction of sp³-hybridized carbons (Fsp3) is 0.357. The Hall–Kier alpha value is -1.86. The van der Waals surface area contributed by atoms with Gasteiger partial charge in [0.25, 0.3) is 5.91 Å². The lowest BCUT2D eigenvalue weighted by molar-refractivity contribution is 0.0935. The maximum absolute atomic E-state index is 13.7. The third kappa shape index (κ3) is 3.86. The zero-order chi connectivity index (χ0) is 13.5.